The Morgan fingerprint density at radius 2 is 1.64 bits per heavy atom. The maximum atomic E-state index is 14.2. The van der Waals surface area contributed by atoms with Gasteiger partial charge in [0.2, 0.25) is 21.8 Å². The molecule has 1 N–H and O–H groups in total. The second kappa shape index (κ2) is 12.4. The summed E-state index contributed by atoms with van der Waals surface area (Å²) in [5.74, 6) is -1.37. The molecule has 0 radical (unpaired) electrons. The number of carbonyl (C=O) groups is 2. The number of fused-ring (bicyclic) bond motifs is 1. The van der Waals surface area contributed by atoms with Crippen molar-refractivity contribution >= 4 is 38.6 Å². The van der Waals surface area contributed by atoms with Gasteiger partial charge in [-0.15, -0.1) is 5.10 Å². The fourth-order valence-corrected chi connectivity index (χ4v) is 6.16. The van der Waals surface area contributed by atoms with Crippen LogP contribution in [-0.2, 0) is 26.2 Å². The van der Waals surface area contributed by atoms with E-state index in [1.54, 1.807) is 12.1 Å². The van der Waals surface area contributed by atoms with Gasteiger partial charge in [-0.1, -0.05) is 48.7 Å². The predicted molar refractivity (Wildman–Crippen MR) is 156 cm³/mol. The van der Waals surface area contributed by atoms with E-state index in [1.807, 2.05) is 12.1 Å². The van der Waals surface area contributed by atoms with Crippen LogP contribution in [0.1, 0.15) is 43.7 Å². The van der Waals surface area contributed by atoms with E-state index in [-0.39, 0.29) is 17.5 Å². The molecule has 1 aromatic heterocycles. The summed E-state index contributed by atoms with van der Waals surface area (Å²) in [6.07, 6.45) is 4.76. The lowest BCUT2D eigenvalue weighted by atomic mass is 9.94. The number of benzene rings is 3. The molecule has 2 amide bonds. The number of rotatable bonds is 9. The van der Waals surface area contributed by atoms with Crippen molar-refractivity contribution in [3.8, 4) is 0 Å². The molecule has 10 nitrogen and oxygen atoms in total. The number of carbonyl (C=O) groups excluding carboxylic acids is 2. The molecule has 0 bridgehead atoms. The van der Waals surface area contributed by atoms with Gasteiger partial charge in [-0.05, 0) is 66.9 Å². The first-order chi connectivity index (χ1) is 20.1. The maximum Gasteiger partial charge on any atom is 0.249 e. The Morgan fingerprint density at radius 3 is 2.31 bits per heavy atom. The Hall–Kier alpha value is -4.16. The van der Waals surface area contributed by atoms with E-state index < -0.39 is 33.7 Å². The molecular formula is C30H33FN6O4S. The van der Waals surface area contributed by atoms with Crippen molar-refractivity contribution in [3.63, 3.8) is 0 Å². The van der Waals surface area contributed by atoms with E-state index in [1.165, 1.54) is 72.2 Å². The highest BCUT2D eigenvalue weighted by Crippen LogP contribution is 2.31. The maximum absolute atomic E-state index is 14.2. The van der Waals surface area contributed by atoms with Gasteiger partial charge in [0, 0.05) is 25.8 Å². The van der Waals surface area contributed by atoms with Crippen LogP contribution in [0.15, 0.2) is 77.7 Å². The average Bonchev–Trinajstić information content (AvgIpc) is 3.39. The summed E-state index contributed by atoms with van der Waals surface area (Å²) < 4.78 is 42.0. The molecule has 1 saturated carbocycles. The highest BCUT2D eigenvalue weighted by Gasteiger charge is 2.35. The van der Waals surface area contributed by atoms with E-state index in [9.17, 15) is 22.4 Å². The fourth-order valence-electron chi connectivity index (χ4n) is 5.25. The number of sulfonamides is 1. The largest absolute Gasteiger partial charge is 0.351 e. The number of hydrogen-bond donors (Lipinski definition) is 1. The number of para-hydroxylation sites is 1. The van der Waals surface area contributed by atoms with Crippen LogP contribution in [0.2, 0.25) is 0 Å². The summed E-state index contributed by atoms with van der Waals surface area (Å²) in [4.78, 5) is 29.6. The van der Waals surface area contributed by atoms with Gasteiger partial charge in [0.05, 0.1) is 10.4 Å². The average molecular weight is 593 g/mol. The standard InChI is InChI=1S/C30H33FN6O4S/c1-35(2)42(40,41)25-18-16-24(17-19-25)37(28(38)20-36-27-11-7-6-10-26(27)33-34-36)29(21-12-14-22(31)15-13-21)30(39)32-23-8-4-3-5-9-23/h6-7,10-19,23,29H,3-5,8-9,20H2,1-2H3,(H,32,39). The number of nitrogens with zero attached hydrogens (tertiary/aromatic N) is 5. The molecule has 1 heterocycles. The van der Waals surface area contributed by atoms with E-state index in [0.717, 1.165) is 36.4 Å². The second-order valence-corrected chi connectivity index (χ2v) is 12.7. The van der Waals surface area contributed by atoms with Gasteiger partial charge in [0.15, 0.2) is 0 Å². The lowest BCUT2D eigenvalue weighted by Crippen LogP contribution is -2.48. The Balaban J connectivity index is 1.59. The SMILES string of the molecule is CN(C)S(=O)(=O)c1ccc(N(C(=O)Cn2nnc3ccccc32)C(C(=O)NC2CCCCC2)c2ccc(F)cc2)cc1. The van der Waals surface area contributed by atoms with Gasteiger partial charge in [-0.2, -0.15) is 0 Å². The highest BCUT2D eigenvalue weighted by atomic mass is 32.2. The molecule has 12 heteroatoms. The van der Waals surface area contributed by atoms with Gasteiger partial charge in [-0.25, -0.2) is 21.8 Å². The normalized spacial score (nSPS) is 15.0. The number of anilines is 1. The van der Waals surface area contributed by atoms with Crippen LogP contribution >= 0.6 is 0 Å². The van der Waals surface area contributed by atoms with Crippen molar-refractivity contribution in [2.24, 2.45) is 0 Å². The molecule has 0 spiro atoms. The zero-order chi connectivity index (χ0) is 29.9. The van der Waals surface area contributed by atoms with Crippen LogP contribution in [0.5, 0.6) is 0 Å². The number of aromatic nitrogens is 3. The summed E-state index contributed by atoms with van der Waals surface area (Å²) in [6.45, 7) is -0.243. The van der Waals surface area contributed by atoms with Crippen LogP contribution in [-0.4, -0.2) is 59.7 Å². The van der Waals surface area contributed by atoms with Gasteiger partial charge in [0.25, 0.3) is 0 Å². The molecule has 0 saturated heterocycles. The number of halogens is 1. The third kappa shape index (κ3) is 6.19. The molecule has 1 aliphatic rings. The van der Waals surface area contributed by atoms with Crippen LogP contribution < -0.4 is 10.2 Å². The Labute approximate surface area is 244 Å². The minimum atomic E-state index is -3.73. The Bertz CT molecular complexity index is 1670. The van der Waals surface area contributed by atoms with Gasteiger partial charge in [0.1, 0.15) is 23.9 Å². The molecule has 1 fully saturated rings. The predicted octanol–water partition coefficient (Wildman–Crippen LogP) is 4.04. The monoisotopic (exact) mass is 592 g/mol. The first-order valence-electron chi connectivity index (χ1n) is 13.8. The second-order valence-electron chi connectivity index (χ2n) is 10.6. The molecule has 4 aromatic rings. The molecule has 1 unspecified atom stereocenters. The number of nitrogens with one attached hydrogen (secondary N) is 1. The van der Waals surface area contributed by atoms with E-state index in [2.05, 4.69) is 15.6 Å². The smallest absolute Gasteiger partial charge is 0.249 e. The first-order valence-corrected chi connectivity index (χ1v) is 15.3. The molecule has 5 rings (SSSR count). The topological polar surface area (TPSA) is 118 Å². The van der Waals surface area contributed by atoms with Crippen molar-refractivity contribution in [2.75, 3.05) is 19.0 Å². The minimum absolute atomic E-state index is 0.0379. The summed E-state index contributed by atoms with van der Waals surface area (Å²) in [5.41, 5.74) is 1.96. The van der Waals surface area contributed by atoms with Crippen molar-refractivity contribution in [2.45, 2.75) is 55.6 Å². The van der Waals surface area contributed by atoms with Crippen molar-refractivity contribution in [3.05, 3.63) is 84.2 Å². The number of hydrogen-bond acceptors (Lipinski definition) is 6. The molecule has 1 aliphatic carbocycles. The van der Waals surface area contributed by atoms with Gasteiger partial charge >= 0.3 is 0 Å². The fraction of sp³-hybridized carbons (Fsp3) is 0.333. The molecule has 0 aliphatic heterocycles. The van der Waals surface area contributed by atoms with Gasteiger partial charge < -0.3 is 5.32 Å². The van der Waals surface area contributed by atoms with Crippen molar-refractivity contribution in [1.29, 1.82) is 0 Å². The molecule has 42 heavy (non-hydrogen) atoms. The van der Waals surface area contributed by atoms with E-state index in [0.29, 0.717) is 22.3 Å². The number of amides is 2. The Kier molecular flexibility index (Phi) is 8.64. The highest BCUT2D eigenvalue weighted by molar-refractivity contribution is 7.89. The lowest BCUT2D eigenvalue weighted by molar-refractivity contribution is -0.127. The summed E-state index contributed by atoms with van der Waals surface area (Å²) in [7, 11) is -0.867. The van der Waals surface area contributed by atoms with Crippen molar-refractivity contribution in [1.82, 2.24) is 24.6 Å². The molecule has 1 atom stereocenters. The molecular weight excluding hydrogens is 559 g/mol. The molecule has 220 valence electrons. The van der Waals surface area contributed by atoms with Crippen LogP contribution in [0.3, 0.4) is 0 Å². The van der Waals surface area contributed by atoms with Crippen molar-refractivity contribution < 1.29 is 22.4 Å². The Morgan fingerprint density at radius 1 is 0.976 bits per heavy atom. The van der Waals surface area contributed by atoms with Gasteiger partial charge in [-0.3, -0.25) is 14.5 Å². The summed E-state index contributed by atoms with van der Waals surface area (Å²) in [5, 5.41) is 11.4. The molecule has 3 aromatic carbocycles. The van der Waals surface area contributed by atoms with E-state index in [4.69, 9.17) is 0 Å². The third-order valence-corrected chi connectivity index (χ3v) is 9.34. The quantitative estimate of drug-likeness (QED) is 0.314. The first kappa shape index (κ1) is 29.3. The van der Waals surface area contributed by atoms with Crippen LogP contribution in [0.25, 0.3) is 11.0 Å². The van der Waals surface area contributed by atoms with Crippen LogP contribution in [0, 0.1) is 5.82 Å². The lowest BCUT2D eigenvalue weighted by Gasteiger charge is -2.33. The summed E-state index contributed by atoms with van der Waals surface area (Å²) >= 11 is 0. The minimum Gasteiger partial charge on any atom is -0.351 e. The van der Waals surface area contributed by atoms with Crippen LogP contribution in [0.4, 0.5) is 10.1 Å². The van der Waals surface area contributed by atoms with E-state index >= 15 is 0 Å². The zero-order valence-corrected chi connectivity index (χ0v) is 24.3. The zero-order valence-electron chi connectivity index (χ0n) is 23.5. The third-order valence-electron chi connectivity index (χ3n) is 7.51. The summed E-state index contributed by atoms with van der Waals surface area (Å²) in [6, 6.07) is 17.3.